The van der Waals surface area contributed by atoms with E-state index in [0.717, 1.165) is 83.7 Å². The number of nitrogens with one attached hydrogen (secondary N) is 6. The summed E-state index contributed by atoms with van der Waals surface area (Å²) in [6.45, 7) is 9.15. The van der Waals surface area contributed by atoms with Crippen LogP contribution in [-0.4, -0.2) is 80.2 Å². The van der Waals surface area contributed by atoms with Crippen LogP contribution in [0.5, 0.6) is 0 Å². The van der Waals surface area contributed by atoms with Crippen molar-refractivity contribution in [3.63, 3.8) is 0 Å². The lowest BCUT2D eigenvalue weighted by molar-refractivity contribution is 0.0513. The second-order valence-corrected chi connectivity index (χ2v) is 18.5. The number of esters is 1. The highest BCUT2D eigenvalue weighted by molar-refractivity contribution is 8.03. The Balaban J connectivity index is 1.05. The first-order valence-corrected chi connectivity index (χ1v) is 24.7. The highest BCUT2D eigenvalue weighted by Gasteiger charge is 2.20. The normalized spacial score (nSPS) is 12.9. The van der Waals surface area contributed by atoms with Gasteiger partial charge in [0.15, 0.2) is 0 Å². The molecule has 14 nitrogen and oxygen atoms in total. The van der Waals surface area contributed by atoms with Gasteiger partial charge in [-0.1, -0.05) is 102 Å². The summed E-state index contributed by atoms with van der Waals surface area (Å²) in [5, 5.41) is 17.1. The zero-order valence-corrected chi connectivity index (χ0v) is 38.8. The van der Waals surface area contributed by atoms with Crippen molar-refractivity contribution in [2.24, 2.45) is 0 Å². The summed E-state index contributed by atoms with van der Waals surface area (Å²) < 4.78 is 6.01. The molecule has 4 amide bonds. The number of hydrogen-bond acceptors (Lipinski definition) is 10. The van der Waals surface area contributed by atoms with E-state index in [0.29, 0.717) is 47.3 Å². The first-order chi connectivity index (χ1) is 31.1. The molecular formula is C48H60N8O6S2. The fraction of sp³-hybridized carbons (Fsp3) is 0.438. The summed E-state index contributed by atoms with van der Waals surface area (Å²) in [6, 6.07) is 20.2. The average Bonchev–Trinajstić information content (AvgIpc) is 3.28. The number of carbonyl (C=O) groups is 3. The van der Waals surface area contributed by atoms with Gasteiger partial charge in [-0.15, -0.1) is 0 Å². The summed E-state index contributed by atoms with van der Waals surface area (Å²) >= 11 is 3.15. The summed E-state index contributed by atoms with van der Waals surface area (Å²) in [6.07, 6.45) is 7.67. The maximum Gasteiger partial charge on any atom is 0.338 e. The van der Waals surface area contributed by atoms with E-state index in [4.69, 9.17) is 4.74 Å². The molecule has 2 heterocycles. The Morgan fingerprint density at radius 2 is 1.22 bits per heavy atom. The standard InChI is InChI=1S/C48H60N8O6S2/c1-5-9-12-30(7-3)38-26-40(57)53-45(51-38)55-47(60)49-22-24-63-29-35(64-25-23-50-48(61)56-46-52-39(27-41(58)54-46)31(8-4)13-10-6-2)28-62-44(59)37-21-19-34-17-16-32-14-11-15-33-18-20-36(37)43(34)42(32)33/h11,14-21,26-27,30-31,35H,5-10,12-13,22-25,28-29H2,1-4H3,(H3,49,51,53,55,57,60)(H3,50,52,54,56,58,61). The number of thioether (sulfide) groups is 2. The summed E-state index contributed by atoms with van der Waals surface area (Å²) in [5.41, 5.74) is 1.20. The third kappa shape index (κ3) is 13.0. The van der Waals surface area contributed by atoms with Gasteiger partial charge in [0, 0.05) is 59.6 Å². The van der Waals surface area contributed by atoms with Crippen molar-refractivity contribution in [1.82, 2.24) is 30.6 Å². The van der Waals surface area contributed by atoms with Crippen LogP contribution in [0, 0.1) is 0 Å². The lowest BCUT2D eigenvalue weighted by Crippen LogP contribution is -2.33. The van der Waals surface area contributed by atoms with Gasteiger partial charge < -0.3 is 15.4 Å². The van der Waals surface area contributed by atoms with Crippen LogP contribution in [-0.2, 0) is 4.74 Å². The van der Waals surface area contributed by atoms with Gasteiger partial charge in [-0.25, -0.2) is 24.4 Å². The molecule has 6 N–H and O–H groups in total. The fourth-order valence-corrected chi connectivity index (χ4v) is 10.1. The van der Waals surface area contributed by atoms with Gasteiger partial charge in [0.25, 0.3) is 11.1 Å². The predicted octanol–water partition coefficient (Wildman–Crippen LogP) is 9.75. The van der Waals surface area contributed by atoms with Crippen molar-refractivity contribution in [3.05, 3.63) is 104 Å². The van der Waals surface area contributed by atoms with Crippen LogP contribution in [0.2, 0.25) is 0 Å². The molecule has 0 bridgehead atoms. The number of aromatic nitrogens is 4. The van der Waals surface area contributed by atoms with Gasteiger partial charge in [-0.2, -0.15) is 23.5 Å². The molecule has 6 rings (SSSR count). The van der Waals surface area contributed by atoms with Crippen LogP contribution in [0.1, 0.15) is 113 Å². The van der Waals surface area contributed by atoms with Crippen LogP contribution in [0.25, 0.3) is 32.3 Å². The number of anilines is 2. The van der Waals surface area contributed by atoms with E-state index in [1.54, 1.807) is 23.5 Å². The molecule has 0 aliphatic rings. The number of unbranched alkanes of at least 4 members (excludes halogenated alkanes) is 2. The molecule has 64 heavy (non-hydrogen) atoms. The fourth-order valence-electron chi connectivity index (χ4n) is 7.96. The number of carbonyl (C=O) groups excluding carboxylic acids is 3. The number of rotatable bonds is 24. The lowest BCUT2D eigenvalue weighted by Gasteiger charge is -2.18. The highest BCUT2D eigenvalue weighted by atomic mass is 32.2. The molecule has 0 saturated heterocycles. The number of H-pyrrole nitrogens is 2. The second-order valence-electron chi connectivity index (χ2n) is 15.9. The van der Waals surface area contributed by atoms with Crippen molar-refractivity contribution in [1.29, 1.82) is 0 Å². The molecule has 0 radical (unpaired) electrons. The maximum absolute atomic E-state index is 13.8. The third-order valence-electron chi connectivity index (χ3n) is 11.3. The Bertz CT molecular complexity index is 2600. The van der Waals surface area contributed by atoms with E-state index in [2.05, 4.69) is 93.2 Å². The minimum absolute atomic E-state index is 0.100. The van der Waals surface area contributed by atoms with E-state index in [9.17, 15) is 24.0 Å². The molecule has 0 aliphatic heterocycles. The summed E-state index contributed by atoms with van der Waals surface area (Å²) in [5.74, 6) is 1.73. The van der Waals surface area contributed by atoms with Gasteiger partial charge in [0.05, 0.1) is 17.0 Å². The van der Waals surface area contributed by atoms with Crippen molar-refractivity contribution >= 4 is 85.8 Å². The molecule has 4 aromatic carbocycles. The molecule has 3 atom stereocenters. The zero-order chi connectivity index (χ0) is 45.4. The van der Waals surface area contributed by atoms with Crippen LogP contribution in [0.3, 0.4) is 0 Å². The highest BCUT2D eigenvalue weighted by Crippen LogP contribution is 2.36. The summed E-state index contributed by atoms with van der Waals surface area (Å²) in [7, 11) is 0. The number of benzene rings is 4. The van der Waals surface area contributed by atoms with E-state index in [1.165, 1.54) is 12.1 Å². The van der Waals surface area contributed by atoms with Gasteiger partial charge in [-0.3, -0.25) is 30.2 Å². The molecular weight excluding hydrogens is 849 g/mol. The first-order valence-electron chi connectivity index (χ1n) is 22.5. The predicted molar refractivity (Wildman–Crippen MR) is 263 cm³/mol. The van der Waals surface area contributed by atoms with Crippen LogP contribution >= 0.6 is 23.5 Å². The second kappa shape index (κ2) is 23.9. The number of urea groups is 2. The molecule has 3 unspecified atom stereocenters. The quantitative estimate of drug-likeness (QED) is 0.0193. The zero-order valence-electron chi connectivity index (χ0n) is 37.1. The molecule has 0 aliphatic carbocycles. The number of aromatic amines is 2. The number of ether oxygens (including phenoxy) is 1. The Morgan fingerprint density at radius 3 is 1.78 bits per heavy atom. The summed E-state index contributed by atoms with van der Waals surface area (Å²) in [4.78, 5) is 78.6. The van der Waals surface area contributed by atoms with Gasteiger partial charge in [0.2, 0.25) is 11.9 Å². The number of nitrogens with zero attached hydrogens (tertiary/aromatic N) is 2. The molecule has 6 aromatic rings. The molecule has 0 saturated carbocycles. The van der Waals surface area contributed by atoms with Gasteiger partial charge in [0.1, 0.15) is 6.61 Å². The number of amides is 4. The monoisotopic (exact) mass is 908 g/mol. The molecule has 0 spiro atoms. The smallest absolute Gasteiger partial charge is 0.338 e. The molecule has 2 aromatic heterocycles. The Kier molecular flexibility index (Phi) is 17.9. The molecule has 340 valence electrons. The van der Waals surface area contributed by atoms with E-state index >= 15 is 0 Å². The average molecular weight is 909 g/mol. The number of hydrogen-bond donors (Lipinski definition) is 6. The Hall–Kier alpha value is -5.61. The van der Waals surface area contributed by atoms with Crippen molar-refractivity contribution in [2.45, 2.75) is 96.1 Å². The van der Waals surface area contributed by atoms with E-state index < -0.39 is 18.0 Å². The van der Waals surface area contributed by atoms with Crippen LogP contribution < -0.4 is 32.4 Å². The minimum Gasteiger partial charge on any atom is -0.461 e. The molecule has 16 heteroatoms. The van der Waals surface area contributed by atoms with Crippen molar-refractivity contribution in [3.8, 4) is 0 Å². The SMILES string of the molecule is CCCCC(CC)c1cc(=O)[nH]c(NC(=O)NCCSCC(COC(=O)c2ccc3ccc4cccc5ccc2c3c45)SCCNC(=O)Nc2nc(C(CC)CCCC)cc(=O)[nH]2)n1. The van der Waals surface area contributed by atoms with Crippen molar-refractivity contribution in [2.75, 3.05) is 47.6 Å². The van der Waals surface area contributed by atoms with Crippen LogP contribution in [0.4, 0.5) is 21.5 Å². The van der Waals surface area contributed by atoms with Gasteiger partial charge >= 0.3 is 18.0 Å². The lowest BCUT2D eigenvalue weighted by atomic mass is 9.92. The third-order valence-corrected chi connectivity index (χ3v) is 13.9. The largest absolute Gasteiger partial charge is 0.461 e. The van der Waals surface area contributed by atoms with Gasteiger partial charge in [-0.05, 0) is 64.1 Å². The van der Waals surface area contributed by atoms with E-state index in [1.807, 2.05) is 30.3 Å². The Morgan fingerprint density at radius 1 is 0.688 bits per heavy atom. The van der Waals surface area contributed by atoms with E-state index in [-0.39, 0.29) is 46.7 Å². The maximum atomic E-state index is 13.8. The Labute approximate surface area is 382 Å². The van der Waals surface area contributed by atoms with Crippen LogP contribution in [0.15, 0.2) is 76.3 Å². The first kappa shape index (κ1) is 47.9. The topological polar surface area (TPSA) is 200 Å². The molecule has 0 fully saturated rings. The van der Waals surface area contributed by atoms with Crippen molar-refractivity contribution < 1.29 is 19.1 Å². The minimum atomic E-state index is -0.495.